The summed E-state index contributed by atoms with van der Waals surface area (Å²) in [6.45, 7) is 0. The van der Waals surface area contributed by atoms with Crippen LogP contribution in [0.5, 0.6) is 0 Å². The minimum atomic E-state index is -0.291. The fourth-order valence-corrected chi connectivity index (χ4v) is 0.692. The summed E-state index contributed by atoms with van der Waals surface area (Å²) in [5.41, 5.74) is 0.588. The van der Waals surface area contributed by atoms with Gasteiger partial charge in [0.2, 0.25) is 0 Å². The Kier molecular flexibility index (Phi) is 4.90. The molecule has 0 N–H and O–H groups in total. The monoisotopic (exact) mass is 162 g/mol. The Balaban J connectivity index is -0.000000333. The molecular formula is C8H10MgO2. The minimum absolute atomic E-state index is 0. The summed E-state index contributed by atoms with van der Waals surface area (Å²) in [6, 6.07) is 8.88. The van der Waals surface area contributed by atoms with Crippen LogP contribution in [0.2, 0.25) is 0 Å². The van der Waals surface area contributed by atoms with E-state index in [0.717, 1.165) is 0 Å². The van der Waals surface area contributed by atoms with Gasteiger partial charge in [0.15, 0.2) is 0 Å². The van der Waals surface area contributed by atoms with E-state index in [4.69, 9.17) is 0 Å². The van der Waals surface area contributed by atoms with Crippen molar-refractivity contribution < 1.29 is 12.4 Å². The van der Waals surface area contributed by atoms with Crippen molar-refractivity contribution in [2.24, 2.45) is 0 Å². The Morgan fingerprint density at radius 2 is 1.91 bits per heavy atom. The maximum atomic E-state index is 10.8. The second-order valence-electron chi connectivity index (χ2n) is 1.86. The number of carbonyl (C=O) groups excluding carboxylic acids is 1. The molecule has 0 spiro atoms. The molecule has 0 heterocycles. The number of carbonyl (C=O) groups is 1. The maximum Gasteiger partial charge on any atom is 2.00 e. The molecule has 3 heteroatoms. The van der Waals surface area contributed by atoms with E-state index in [9.17, 15) is 4.79 Å². The van der Waals surface area contributed by atoms with Gasteiger partial charge in [-0.25, -0.2) is 4.79 Å². The summed E-state index contributed by atoms with van der Waals surface area (Å²) >= 11 is 0. The molecule has 0 saturated heterocycles. The molecule has 0 atom stereocenters. The molecule has 2 nitrogen and oxygen atoms in total. The summed E-state index contributed by atoms with van der Waals surface area (Å²) in [5, 5.41) is 0. The van der Waals surface area contributed by atoms with Gasteiger partial charge in [0, 0.05) is 0 Å². The average Bonchev–Trinajstić information content (AvgIpc) is 2.05. The zero-order valence-electron chi connectivity index (χ0n) is 8.41. The van der Waals surface area contributed by atoms with Crippen LogP contribution in [-0.2, 0) is 4.74 Å². The largest absolute Gasteiger partial charge is 2.00 e. The second-order valence-corrected chi connectivity index (χ2v) is 1.86. The van der Waals surface area contributed by atoms with Crippen LogP contribution in [0.15, 0.2) is 30.3 Å². The Bertz CT molecular complexity index is 229. The third-order valence-electron chi connectivity index (χ3n) is 1.19. The summed E-state index contributed by atoms with van der Waals surface area (Å²) in [4.78, 5) is 10.8. The van der Waals surface area contributed by atoms with Gasteiger partial charge in [0.25, 0.3) is 0 Å². The van der Waals surface area contributed by atoms with Crippen molar-refractivity contribution in [1.29, 1.82) is 0 Å². The van der Waals surface area contributed by atoms with Gasteiger partial charge in [-0.3, -0.25) is 0 Å². The van der Waals surface area contributed by atoms with Crippen LogP contribution in [-0.4, -0.2) is 36.1 Å². The van der Waals surface area contributed by atoms with Gasteiger partial charge in [0.1, 0.15) is 0 Å². The zero-order valence-corrected chi connectivity index (χ0v) is 7.82. The van der Waals surface area contributed by atoms with Crippen LogP contribution in [0.4, 0.5) is 0 Å². The molecule has 0 aromatic heterocycles. The van der Waals surface area contributed by atoms with Gasteiger partial charge in [-0.2, -0.15) is 0 Å². The van der Waals surface area contributed by atoms with E-state index in [1.807, 2.05) is 6.07 Å². The summed E-state index contributed by atoms with van der Waals surface area (Å²) < 4.78 is 4.50. The molecule has 1 aromatic rings. The molecule has 1 rings (SSSR count). The molecule has 0 aliphatic carbocycles. The van der Waals surface area contributed by atoms with E-state index >= 15 is 0 Å². The van der Waals surface area contributed by atoms with E-state index in [2.05, 4.69) is 4.74 Å². The molecule has 0 amide bonds. The van der Waals surface area contributed by atoms with Crippen LogP contribution < -0.4 is 0 Å². The van der Waals surface area contributed by atoms with Crippen LogP contribution in [0, 0.1) is 0 Å². The van der Waals surface area contributed by atoms with Gasteiger partial charge in [-0.05, 0) is 12.1 Å². The number of hydrogen-bond acceptors (Lipinski definition) is 2. The Morgan fingerprint density at radius 3 is 2.36 bits per heavy atom. The van der Waals surface area contributed by atoms with Crippen molar-refractivity contribution >= 4 is 29.0 Å². The van der Waals surface area contributed by atoms with Gasteiger partial charge >= 0.3 is 29.0 Å². The maximum absolute atomic E-state index is 10.8. The van der Waals surface area contributed by atoms with Gasteiger partial charge in [-0.1, -0.05) is 18.2 Å². The van der Waals surface area contributed by atoms with Crippen LogP contribution >= 0.6 is 0 Å². The molecule has 0 fully saturated rings. The number of ether oxygens (including phenoxy) is 1. The fraction of sp³-hybridized carbons (Fsp3) is 0.125. The quantitative estimate of drug-likeness (QED) is 0.460. The van der Waals surface area contributed by atoms with Crippen molar-refractivity contribution in [3.05, 3.63) is 35.9 Å². The first-order chi connectivity index (χ1) is 4.84. The number of methoxy groups -OCH3 is 1. The van der Waals surface area contributed by atoms with Crippen molar-refractivity contribution in [2.45, 2.75) is 0 Å². The average molecular weight is 162 g/mol. The Morgan fingerprint density at radius 1 is 1.36 bits per heavy atom. The van der Waals surface area contributed by atoms with Crippen molar-refractivity contribution in [3.63, 3.8) is 0 Å². The summed E-state index contributed by atoms with van der Waals surface area (Å²) in [7, 11) is 1.37. The van der Waals surface area contributed by atoms with Gasteiger partial charge in [0.05, 0.1) is 12.7 Å². The number of rotatable bonds is 1. The van der Waals surface area contributed by atoms with Crippen LogP contribution in [0.3, 0.4) is 0 Å². The van der Waals surface area contributed by atoms with E-state index in [0.29, 0.717) is 5.56 Å². The third kappa shape index (κ3) is 2.90. The summed E-state index contributed by atoms with van der Waals surface area (Å²) in [5.74, 6) is -0.291. The van der Waals surface area contributed by atoms with E-state index < -0.39 is 0 Å². The van der Waals surface area contributed by atoms with Crippen molar-refractivity contribution in [1.82, 2.24) is 0 Å². The molecular weight excluding hydrogens is 152 g/mol. The van der Waals surface area contributed by atoms with Crippen molar-refractivity contribution in [3.8, 4) is 0 Å². The molecule has 0 saturated carbocycles. The first-order valence-corrected chi connectivity index (χ1v) is 2.98. The number of benzene rings is 1. The normalized spacial score (nSPS) is 8.09. The first-order valence-electron chi connectivity index (χ1n) is 2.98. The number of esters is 1. The summed E-state index contributed by atoms with van der Waals surface area (Å²) in [6.07, 6.45) is 0. The smallest absolute Gasteiger partial charge is 1.00 e. The minimum Gasteiger partial charge on any atom is -1.00 e. The van der Waals surface area contributed by atoms with E-state index in [1.54, 1.807) is 24.3 Å². The second kappa shape index (κ2) is 5.15. The van der Waals surface area contributed by atoms with Crippen LogP contribution in [0.1, 0.15) is 13.2 Å². The SMILES string of the molecule is COC(=O)c1ccccc1.[H-].[H-].[Mg+2]. The molecule has 56 valence electrons. The standard InChI is InChI=1S/C8H8O2.Mg.2H/c1-10-8(9)7-5-3-2-4-6-7;;;/h2-6H,1H3;;;/q;+2;2*-1. The van der Waals surface area contributed by atoms with E-state index in [-0.39, 0.29) is 31.9 Å². The molecule has 0 aliphatic rings. The van der Waals surface area contributed by atoms with Gasteiger partial charge in [-0.15, -0.1) is 0 Å². The third-order valence-corrected chi connectivity index (χ3v) is 1.19. The Labute approximate surface area is 84.7 Å². The molecule has 11 heavy (non-hydrogen) atoms. The topological polar surface area (TPSA) is 26.3 Å². The van der Waals surface area contributed by atoms with E-state index in [1.165, 1.54) is 7.11 Å². The zero-order chi connectivity index (χ0) is 7.40. The molecule has 1 aromatic carbocycles. The number of hydrogen-bond donors (Lipinski definition) is 0. The predicted molar refractivity (Wildman–Crippen MR) is 45.8 cm³/mol. The first kappa shape index (κ1) is 10.5. The molecule has 0 bridgehead atoms. The van der Waals surface area contributed by atoms with Gasteiger partial charge < -0.3 is 7.59 Å². The van der Waals surface area contributed by atoms with Crippen molar-refractivity contribution in [2.75, 3.05) is 7.11 Å². The fourth-order valence-electron chi connectivity index (χ4n) is 0.692. The van der Waals surface area contributed by atoms with Crippen LogP contribution in [0.25, 0.3) is 0 Å². The molecule has 0 aliphatic heterocycles. The molecule has 0 radical (unpaired) electrons. The molecule has 0 unspecified atom stereocenters. The Hall–Kier alpha value is -0.544. The predicted octanol–water partition coefficient (Wildman–Crippen LogP) is 1.32.